The molecule has 0 saturated heterocycles. The normalized spacial score (nSPS) is 12.2. The molecule has 1 amide bonds. The van der Waals surface area contributed by atoms with E-state index < -0.39 is 12.0 Å². The van der Waals surface area contributed by atoms with Gasteiger partial charge >= 0.3 is 5.97 Å². The number of rotatable bonds is 5. The number of aliphatic carboxylic acids is 1. The van der Waals surface area contributed by atoms with Gasteiger partial charge in [0.15, 0.2) is 0 Å². The second-order valence-corrected chi connectivity index (χ2v) is 4.57. The molecule has 1 heterocycles. The highest BCUT2D eigenvalue weighted by molar-refractivity contribution is 7.18. The van der Waals surface area contributed by atoms with Crippen LogP contribution in [-0.4, -0.2) is 28.5 Å². The first-order chi connectivity index (χ1) is 8.20. The van der Waals surface area contributed by atoms with Crippen LogP contribution < -0.4 is 5.32 Å². The van der Waals surface area contributed by atoms with Gasteiger partial charge in [0.25, 0.3) is 0 Å². The number of carbonyl (C=O) groups is 2. The van der Waals surface area contributed by atoms with Gasteiger partial charge in [-0.15, -0.1) is 11.3 Å². The zero-order chi connectivity index (χ0) is 12.3. The van der Waals surface area contributed by atoms with Gasteiger partial charge in [-0.1, -0.05) is 12.1 Å². The number of carboxylic acid groups (broad SMARTS) is 1. The largest absolute Gasteiger partial charge is 0.480 e. The van der Waals surface area contributed by atoms with E-state index in [1.165, 1.54) is 11.3 Å². The Morgan fingerprint density at radius 1 is 1.53 bits per heavy atom. The standard InChI is InChI=1S/C11H10N2O3S/c14-6-12-8(11(15)16)5-10-13-7-3-1-2-4-9(7)17-10/h1-4,6,8H,5H2,(H,12,14)(H,15,16). The molecule has 1 aromatic heterocycles. The number of benzene rings is 1. The highest BCUT2D eigenvalue weighted by atomic mass is 32.1. The second kappa shape index (κ2) is 4.92. The number of nitrogens with one attached hydrogen (secondary N) is 1. The Bertz CT molecular complexity index is 519. The molecule has 2 rings (SSSR count). The molecule has 0 aliphatic heterocycles. The molecule has 0 spiro atoms. The van der Waals surface area contributed by atoms with Gasteiger partial charge < -0.3 is 10.4 Å². The van der Waals surface area contributed by atoms with Crippen LogP contribution in [0.25, 0.3) is 10.2 Å². The lowest BCUT2D eigenvalue weighted by molar-refractivity contribution is -0.140. The molecule has 0 radical (unpaired) electrons. The number of thiazole rings is 1. The van der Waals surface area contributed by atoms with E-state index in [2.05, 4.69) is 10.3 Å². The van der Waals surface area contributed by atoms with Crippen LogP contribution in [0, 0.1) is 0 Å². The molecule has 1 aromatic carbocycles. The fraction of sp³-hybridized carbons (Fsp3) is 0.182. The van der Waals surface area contributed by atoms with Gasteiger partial charge in [0.2, 0.25) is 6.41 Å². The smallest absolute Gasteiger partial charge is 0.326 e. The first-order valence-corrected chi connectivity index (χ1v) is 5.79. The number of hydrogen-bond acceptors (Lipinski definition) is 4. The SMILES string of the molecule is O=CNC(Cc1nc2ccccc2s1)C(=O)O. The van der Waals surface area contributed by atoms with Crippen molar-refractivity contribution in [2.24, 2.45) is 0 Å². The minimum Gasteiger partial charge on any atom is -0.480 e. The summed E-state index contributed by atoms with van der Waals surface area (Å²) >= 11 is 1.44. The van der Waals surface area contributed by atoms with Crippen molar-refractivity contribution >= 4 is 33.9 Å². The minimum absolute atomic E-state index is 0.202. The average Bonchev–Trinajstić information content (AvgIpc) is 2.70. The lowest BCUT2D eigenvalue weighted by Crippen LogP contribution is -2.37. The van der Waals surface area contributed by atoms with Crippen molar-refractivity contribution in [2.45, 2.75) is 12.5 Å². The Hall–Kier alpha value is -1.95. The maximum atomic E-state index is 10.9. The molecule has 2 aromatic rings. The van der Waals surface area contributed by atoms with Crippen molar-refractivity contribution in [1.29, 1.82) is 0 Å². The van der Waals surface area contributed by atoms with Gasteiger partial charge in [0.05, 0.1) is 15.2 Å². The Balaban J connectivity index is 2.21. The van der Waals surface area contributed by atoms with Crippen molar-refractivity contribution in [3.05, 3.63) is 29.3 Å². The van der Waals surface area contributed by atoms with Crippen LogP contribution in [0.5, 0.6) is 0 Å². The van der Waals surface area contributed by atoms with Crippen molar-refractivity contribution in [3.8, 4) is 0 Å². The second-order valence-electron chi connectivity index (χ2n) is 3.45. The van der Waals surface area contributed by atoms with E-state index in [0.29, 0.717) is 11.4 Å². The average molecular weight is 250 g/mol. The highest BCUT2D eigenvalue weighted by Crippen LogP contribution is 2.22. The third kappa shape index (κ3) is 2.59. The van der Waals surface area contributed by atoms with Gasteiger partial charge in [-0.3, -0.25) is 4.79 Å². The van der Waals surface area contributed by atoms with Gasteiger partial charge in [-0.2, -0.15) is 0 Å². The van der Waals surface area contributed by atoms with Crippen LogP contribution in [0.2, 0.25) is 0 Å². The Morgan fingerprint density at radius 3 is 2.94 bits per heavy atom. The first-order valence-electron chi connectivity index (χ1n) is 4.97. The molecule has 0 bridgehead atoms. The fourth-order valence-corrected chi connectivity index (χ4v) is 2.49. The van der Waals surface area contributed by atoms with E-state index in [1.54, 1.807) is 0 Å². The molecule has 0 aliphatic rings. The molecular formula is C11H10N2O3S. The molecule has 0 aliphatic carbocycles. The molecule has 0 fully saturated rings. The fourth-order valence-electron chi connectivity index (χ4n) is 1.48. The molecule has 1 atom stereocenters. The lowest BCUT2D eigenvalue weighted by atomic mass is 10.2. The number of amides is 1. The summed E-state index contributed by atoms with van der Waals surface area (Å²) in [6.45, 7) is 0. The molecule has 2 N–H and O–H groups in total. The van der Waals surface area contributed by atoms with Crippen molar-refractivity contribution in [1.82, 2.24) is 10.3 Å². The van der Waals surface area contributed by atoms with E-state index in [4.69, 9.17) is 5.11 Å². The summed E-state index contributed by atoms with van der Waals surface area (Å²) in [4.78, 5) is 25.5. The summed E-state index contributed by atoms with van der Waals surface area (Å²) in [5, 5.41) is 11.9. The summed E-state index contributed by atoms with van der Waals surface area (Å²) in [5.74, 6) is -1.06. The third-order valence-corrected chi connectivity index (χ3v) is 3.34. The van der Waals surface area contributed by atoms with Gasteiger partial charge in [0, 0.05) is 6.42 Å². The van der Waals surface area contributed by atoms with Gasteiger partial charge in [-0.05, 0) is 12.1 Å². The van der Waals surface area contributed by atoms with Gasteiger partial charge in [0.1, 0.15) is 6.04 Å². The van der Waals surface area contributed by atoms with E-state index in [1.807, 2.05) is 24.3 Å². The number of carbonyl (C=O) groups excluding carboxylic acids is 1. The Labute approximate surface area is 101 Å². The molecule has 6 heteroatoms. The molecule has 17 heavy (non-hydrogen) atoms. The van der Waals surface area contributed by atoms with Crippen LogP contribution in [0.15, 0.2) is 24.3 Å². The topological polar surface area (TPSA) is 79.3 Å². The summed E-state index contributed by atoms with van der Waals surface area (Å²) in [6.07, 6.45) is 0.597. The van der Waals surface area contributed by atoms with E-state index in [0.717, 1.165) is 10.2 Å². The van der Waals surface area contributed by atoms with E-state index in [-0.39, 0.29) is 6.42 Å². The first kappa shape index (κ1) is 11.5. The summed E-state index contributed by atoms with van der Waals surface area (Å²) in [6, 6.07) is 6.66. The van der Waals surface area contributed by atoms with Crippen molar-refractivity contribution in [2.75, 3.05) is 0 Å². The summed E-state index contributed by atoms with van der Waals surface area (Å²) < 4.78 is 1.01. The lowest BCUT2D eigenvalue weighted by Gasteiger charge is -2.07. The number of fused-ring (bicyclic) bond motifs is 1. The van der Waals surface area contributed by atoms with Crippen LogP contribution >= 0.6 is 11.3 Å². The highest BCUT2D eigenvalue weighted by Gasteiger charge is 2.18. The number of carboxylic acids is 1. The van der Waals surface area contributed by atoms with Crippen molar-refractivity contribution < 1.29 is 14.7 Å². The van der Waals surface area contributed by atoms with Gasteiger partial charge in [-0.25, -0.2) is 9.78 Å². The van der Waals surface area contributed by atoms with Crippen molar-refractivity contribution in [3.63, 3.8) is 0 Å². The zero-order valence-electron chi connectivity index (χ0n) is 8.79. The Kier molecular flexibility index (Phi) is 3.34. The van der Waals surface area contributed by atoms with E-state index >= 15 is 0 Å². The Morgan fingerprint density at radius 2 is 2.29 bits per heavy atom. The van der Waals surface area contributed by atoms with Crippen LogP contribution in [0.3, 0.4) is 0 Å². The molecular weight excluding hydrogens is 240 g/mol. The molecule has 1 unspecified atom stereocenters. The zero-order valence-corrected chi connectivity index (χ0v) is 9.61. The predicted molar refractivity (Wildman–Crippen MR) is 63.9 cm³/mol. The maximum absolute atomic E-state index is 10.9. The molecule has 88 valence electrons. The van der Waals surface area contributed by atoms with Crippen LogP contribution in [0.1, 0.15) is 5.01 Å². The number of nitrogens with zero attached hydrogens (tertiary/aromatic N) is 1. The molecule has 5 nitrogen and oxygen atoms in total. The molecule has 0 saturated carbocycles. The predicted octanol–water partition coefficient (Wildman–Crippen LogP) is 1.04. The quantitative estimate of drug-likeness (QED) is 0.777. The third-order valence-electron chi connectivity index (χ3n) is 2.28. The van der Waals surface area contributed by atoms with E-state index in [9.17, 15) is 9.59 Å². The number of aromatic nitrogens is 1. The van der Waals surface area contributed by atoms with Crippen LogP contribution in [-0.2, 0) is 16.0 Å². The maximum Gasteiger partial charge on any atom is 0.326 e. The summed E-state index contributed by atoms with van der Waals surface area (Å²) in [7, 11) is 0. The monoisotopic (exact) mass is 250 g/mol. The number of hydrogen-bond donors (Lipinski definition) is 2. The van der Waals surface area contributed by atoms with Crippen LogP contribution in [0.4, 0.5) is 0 Å². The summed E-state index contributed by atoms with van der Waals surface area (Å²) in [5.41, 5.74) is 0.850. The number of para-hydroxylation sites is 1. The minimum atomic E-state index is -1.06.